The lowest BCUT2D eigenvalue weighted by molar-refractivity contribution is -0.139. The van der Waals surface area contributed by atoms with Crippen molar-refractivity contribution in [3.8, 4) is 0 Å². The average molecular weight is 267 g/mol. The van der Waals surface area contributed by atoms with Crippen molar-refractivity contribution >= 4 is 0 Å². The summed E-state index contributed by atoms with van der Waals surface area (Å²) in [4.78, 5) is 0. The van der Waals surface area contributed by atoms with Crippen LogP contribution in [0.4, 0.5) is 26.3 Å². The first-order chi connectivity index (χ1) is 7.47. The Balaban J connectivity index is 4.10. The van der Waals surface area contributed by atoms with Crippen LogP contribution in [0.5, 0.6) is 0 Å². The van der Waals surface area contributed by atoms with Gasteiger partial charge in [-0.05, 0) is 19.8 Å². The number of halogens is 6. The highest BCUT2D eigenvalue weighted by atomic mass is 19.4. The van der Waals surface area contributed by atoms with Crippen LogP contribution in [0.3, 0.4) is 0 Å². The summed E-state index contributed by atoms with van der Waals surface area (Å²) in [6.07, 6.45) is -10.4. The molecule has 0 bridgehead atoms. The fourth-order valence-electron chi connectivity index (χ4n) is 1.22. The van der Waals surface area contributed by atoms with E-state index in [1.165, 1.54) is 6.92 Å². The predicted molar refractivity (Wildman–Crippen MR) is 49.5 cm³/mol. The molecule has 0 saturated carbocycles. The zero-order valence-corrected chi connectivity index (χ0v) is 9.25. The van der Waals surface area contributed by atoms with Crippen LogP contribution in [0, 0.1) is 0 Å². The third kappa shape index (κ3) is 9.22. The summed E-state index contributed by atoms with van der Waals surface area (Å²) in [5, 5.41) is 10.9. The summed E-state index contributed by atoms with van der Waals surface area (Å²) in [6.45, 7) is -0.730. The largest absolute Gasteiger partial charge is 0.401 e. The Labute approximate surface area is 95.0 Å². The maximum absolute atomic E-state index is 11.9. The summed E-state index contributed by atoms with van der Waals surface area (Å²) in [6, 6.07) is 0. The molecule has 0 heterocycles. The van der Waals surface area contributed by atoms with E-state index in [0.29, 0.717) is 0 Å². The number of rotatable bonds is 6. The monoisotopic (exact) mass is 267 g/mol. The quantitative estimate of drug-likeness (QED) is 0.725. The summed E-state index contributed by atoms with van der Waals surface area (Å²) in [7, 11) is 0. The van der Waals surface area contributed by atoms with Gasteiger partial charge in [0, 0.05) is 12.0 Å². The SMILES string of the molecule is CC(CO)(CCCC(F)(F)F)NCC(F)(F)F. The second-order valence-corrected chi connectivity index (χ2v) is 4.16. The number of hydrogen-bond donors (Lipinski definition) is 2. The molecule has 0 fully saturated rings. The summed E-state index contributed by atoms with van der Waals surface area (Å²) >= 11 is 0. The third-order valence-corrected chi connectivity index (χ3v) is 2.25. The fraction of sp³-hybridized carbons (Fsp3) is 1.00. The molecular formula is C9H15F6NO. The average Bonchev–Trinajstić information content (AvgIpc) is 2.12. The number of hydrogen-bond acceptors (Lipinski definition) is 2. The van der Waals surface area contributed by atoms with E-state index in [1.54, 1.807) is 0 Å². The molecule has 8 heteroatoms. The molecule has 0 aromatic rings. The molecule has 0 saturated heterocycles. The zero-order chi connectivity index (χ0) is 13.7. The molecule has 17 heavy (non-hydrogen) atoms. The molecule has 0 aliphatic rings. The Kier molecular flexibility index (Phi) is 5.73. The minimum atomic E-state index is -4.46. The van der Waals surface area contributed by atoms with Crippen molar-refractivity contribution in [2.75, 3.05) is 13.2 Å². The lowest BCUT2D eigenvalue weighted by Crippen LogP contribution is -2.49. The highest BCUT2D eigenvalue weighted by molar-refractivity contribution is 4.83. The van der Waals surface area contributed by atoms with Gasteiger partial charge in [0.15, 0.2) is 0 Å². The number of aliphatic hydroxyl groups is 1. The molecule has 0 aliphatic carbocycles. The fourth-order valence-corrected chi connectivity index (χ4v) is 1.22. The van der Waals surface area contributed by atoms with Crippen molar-refractivity contribution in [2.45, 2.75) is 44.1 Å². The molecule has 1 unspecified atom stereocenters. The van der Waals surface area contributed by atoms with Gasteiger partial charge in [0.1, 0.15) is 0 Å². The van der Waals surface area contributed by atoms with Crippen molar-refractivity contribution in [1.82, 2.24) is 5.32 Å². The van der Waals surface area contributed by atoms with Crippen molar-refractivity contribution in [1.29, 1.82) is 0 Å². The highest BCUT2D eigenvalue weighted by Gasteiger charge is 2.33. The Morgan fingerprint density at radius 2 is 1.47 bits per heavy atom. The van der Waals surface area contributed by atoms with Gasteiger partial charge in [-0.15, -0.1) is 0 Å². The molecule has 0 aromatic carbocycles. The van der Waals surface area contributed by atoms with E-state index in [4.69, 9.17) is 5.11 Å². The van der Waals surface area contributed by atoms with Crippen LogP contribution in [-0.4, -0.2) is 36.1 Å². The Bertz CT molecular complexity index is 227. The maximum atomic E-state index is 11.9. The van der Waals surface area contributed by atoms with Crippen molar-refractivity contribution in [3.05, 3.63) is 0 Å². The molecule has 2 N–H and O–H groups in total. The number of aliphatic hydroxyl groups excluding tert-OH is 1. The van der Waals surface area contributed by atoms with Crippen molar-refractivity contribution in [3.63, 3.8) is 0 Å². The Morgan fingerprint density at radius 3 is 1.82 bits per heavy atom. The minimum Gasteiger partial charge on any atom is -0.394 e. The van der Waals surface area contributed by atoms with Crippen molar-refractivity contribution < 1.29 is 31.4 Å². The van der Waals surface area contributed by atoms with Gasteiger partial charge in [0.25, 0.3) is 0 Å². The van der Waals surface area contributed by atoms with Gasteiger partial charge in [-0.1, -0.05) is 0 Å². The first-order valence-electron chi connectivity index (χ1n) is 4.97. The molecule has 104 valence electrons. The van der Waals surface area contributed by atoms with Gasteiger partial charge in [0.05, 0.1) is 13.2 Å². The second-order valence-electron chi connectivity index (χ2n) is 4.16. The van der Waals surface area contributed by atoms with Crippen LogP contribution < -0.4 is 5.32 Å². The van der Waals surface area contributed by atoms with Gasteiger partial charge < -0.3 is 10.4 Å². The molecule has 0 radical (unpaired) electrons. The van der Waals surface area contributed by atoms with Crippen LogP contribution in [0.15, 0.2) is 0 Å². The van der Waals surface area contributed by atoms with E-state index >= 15 is 0 Å². The molecule has 0 amide bonds. The van der Waals surface area contributed by atoms with Gasteiger partial charge in [0.2, 0.25) is 0 Å². The molecule has 0 aliphatic heterocycles. The van der Waals surface area contributed by atoms with Gasteiger partial charge >= 0.3 is 12.4 Å². The summed E-state index contributed by atoms with van der Waals surface area (Å²) in [5.41, 5.74) is -1.35. The normalized spacial score (nSPS) is 16.9. The summed E-state index contributed by atoms with van der Waals surface area (Å²) in [5.74, 6) is 0. The van der Waals surface area contributed by atoms with E-state index in [-0.39, 0.29) is 12.8 Å². The minimum absolute atomic E-state index is 0.181. The first kappa shape index (κ1) is 16.5. The van der Waals surface area contributed by atoms with Crippen LogP contribution in [0.1, 0.15) is 26.2 Å². The zero-order valence-electron chi connectivity index (χ0n) is 9.25. The lowest BCUT2D eigenvalue weighted by Gasteiger charge is -2.29. The molecule has 0 rings (SSSR count). The third-order valence-electron chi connectivity index (χ3n) is 2.25. The van der Waals surface area contributed by atoms with E-state index < -0.39 is 37.5 Å². The van der Waals surface area contributed by atoms with Crippen LogP contribution in [-0.2, 0) is 0 Å². The van der Waals surface area contributed by atoms with Crippen LogP contribution >= 0.6 is 0 Å². The van der Waals surface area contributed by atoms with Gasteiger partial charge in [-0.2, -0.15) is 26.3 Å². The van der Waals surface area contributed by atoms with E-state index in [0.717, 1.165) is 0 Å². The van der Waals surface area contributed by atoms with E-state index in [2.05, 4.69) is 0 Å². The predicted octanol–water partition coefficient (Wildman–Crippen LogP) is 2.62. The second kappa shape index (κ2) is 5.90. The van der Waals surface area contributed by atoms with Crippen LogP contribution in [0.25, 0.3) is 0 Å². The molecule has 2 nitrogen and oxygen atoms in total. The van der Waals surface area contributed by atoms with Gasteiger partial charge in [-0.25, -0.2) is 0 Å². The molecule has 1 atom stereocenters. The Morgan fingerprint density at radius 1 is 0.941 bits per heavy atom. The number of nitrogens with one attached hydrogen (secondary N) is 1. The van der Waals surface area contributed by atoms with E-state index in [9.17, 15) is 26.3 Å². The lowest BCUT2D eigenvalue weighted by atomic mass is 9.95. The Hall–Kier alpha value is -0.500. The molecular weight excluding hydrogens is 252 g/mol. The van der Waals surface area contributed by atoms with E-state index in [1.807, 2.05) is 5.32 Å². The molecule has 0 spiro atoms. The van der Waals surface area contributed by atoms with Crippen LogP contribution in [0.2, 0.25) is 0 Å². The first-order valence-corrected chi connectivity index (χ1v) is 4.97. The topological polar surface area (TPSA) is 32.3 Å². The molecule has 0 aromatic heterocycles. The standard InChI is InChI=1S/C9H15F6NO/c1-7(6-17,16-5-9(13,14)15)3-2-4-8(10,11)12/h16-17H,2-6H2,1H3. The summed E-state index contributed by atoms with van der Waals surface area (Å²) < 4.78 is 71.3. The number of alkyl halides is 6. The highest BCUT2D eigenvalue weighted by Crippen LogP contribution is 2.25. The van der Waals surface area contributed by atoms with Crippen molar-refractivity contribution in [2.24, 2.45) is 0 Å². The smallest absolute Gasteiger partial charge is 0.394 e. The maximum Gasteiger partial charge on any atom is 0.401 e. The van der Waals surface area contributed by atoms with Gasteiger partial charge in [-0.3, -0.25) is 0 Å².